The number of hydrogen-bond acceptors (Lipinski definition) is 8. The van der Waals surface area contributed by atoms with Crippen molar-refractivity contribution < 1.29 is 13.2 Å². The van der Waals surface area contributed by atoms with Crippen LogP contribution in [-0.4, -0.2) is 54.3 Å². The quantitative estimate of drug-likeness (QED) is 0.494. The lowest BCUT2D eigenvalue weighted by Gasteiger charge is -2.25. The second-order valence-corrected chi connectivity index (χ2v) is 10.5. The first-order valence-electron chi connectivity index (χ1n) is 10.2. The molecule has 0 bridgehead atoms. The molecule has 172 valence electrons. The molecule has 3 aromatic rings. The molecule has 0 aromatic carbocycles. The van der Waals surface area contributed by atoms with E-state index in [9.17, 15) is 8.42 Å². The largest absolute Gasteiger partial charge is 0.366 e. The number of ether oxygens (including phenoxy) is 1. The molecule has 1 aliphatic carbocycles. The molecule has 3 aromatic heterocycles. The van der Waals surface area contributed by atoms with Gasteiger partial charge in [-0.1, -0.05) is 11.6 Å². The Hall–Kier alpha value is -2.57. The molecule has 1 saturated carbocycles. The normalized spacial score (nSPS) is 16.3. The van der Waals surface area contributed by atoms with Gasteiger partial charge in [0.1, 0.15) is 11.4 Å². The summed E-state index contributed by atoms with van der Waals surface area (Å²) in [4.78, 5) is 8.34. The Morgan fingerprint density at radius 2 is 1.84 bits per heavy atom. The van der Waals surface area contributed by atoms with Crippen molar-refractivity contribution in [1.29, 1.82) is 0 Å². The van der Waals surface area contributed by atoms with E-state index in [0.29, 0.717) is 10.8 Å². The van der Waals surface area contributed by atoms with Crippen molar-refractivity contribution in [3.05, 3.63) is 35.6 Å². The maximum absolute atomic E-state index is 13.3. The van der Waals surface area contributed by atoms with Gasteiger partial charge in [-0.25, -0.2) is 18.4 Å². The highest BCUT2D eigenvalue weighted by Crippen LogP contribution is 2.40. The fourth-order valence-electron chi connectivity index (χ4n) is 3.30. The molecule has 2 atom stereocenters. The smallest absolute Gasteiger partial charge is 0.240 e. The molecule has 0 saturated heterocycles. The predicted molar refractivity (Wildman–Crippen MR) is 119 cm³/mol. The lowest BCUT2D eigenvalue weighted by molar-refractivity contribution is 0.00154. The van der Waals surface area contributed by atoms with Crippen LogP contribution in [0, 0.1) is 0 Å². The summed E-state index contributed by atoms with van der Waals surface area (Å²) in [6.07, 6.45) is 7.02. The summed E-state index contributed by atoms with van der Waals surface area (Å²) >= 11 is 5.89. The molecule has 4 rings (SSSR count). The van der Waals surface area contributed by atoms with Crippen LogP contribution < -0.4 is 4.72 Å². The molecular weight excluding hydrogens is 456 g/mol. The van der Waals surface area contributed by atoms with Crippen molar-refractivity contribution in [2.75, 3.05) is 4.72 Å². The van der Waals surface area contributed by atoms with Gasteiger partial charge in [0.05, 0.1) is 22.9 Å². The van der Waals surface area contributed by atoms with Gasteiger partial charge in [-0.3, -0.25) is 14.0 Å². The molecule has 0 amide bonds. The van der Waals surface area contributed by atoms with Gasteiger partial charge < -0.3 is 4.74 Å². The first-order chi connectivity index (χ1) is 15.2. The van der Waals surface area contributed by atoms with Crippen molar-refractivity contribution in [2.45, 2.75) is 57.1 Å². The van der Waals surface area contributed by atoms with Gasteiger partial charge in [0.15, 0.2) is 11.6 Å². The van der Waals surface area contributed by atoms with Gasteiger partial charge in [-0.05, 0) is 33.6 Å². The minimum atomic E-state index is -3.94. The molecular formula is C19H25ClN8O3S. The zero-order valence-corrected chi connectivity index (χ0v) is 19.7. The number of anilines is 1. The van der Waals surface area contributed by atoms with Crippen LogP contribution in [0.25, 0.3) is 11.4 Å². The molecule has 3 heterocycles. The molecule has 1 N–H and O–H groups in total. The maximum atomic E-state index is 13.3. The Morgan fingerprint density at radius 3 is 2.41 bits per heavy atom. The van der Waals surface area contributed by atoms with Crippen molar-refractivity contribution in [3.63, 3.8) is 0 Å². The third-order valence-electron chi connectivity index (χ3n) is 5.03. The van der Waals surface area contributed by atoms with Crippen molar-refractivity contribution in [3.8, 4) is 11.4 Å². The first kappa shape index (κ1) is 22.6. The monoisotopic (exact) mass is 480 g/mol. The summed E-state index contributed by atoms with van der Waals surface area (Å²) < 4.78 is 38.7. The van der Waals surface area contributed by atoms with Crippen molar-refractivity contribution in [2.24, 2.45) is 7.05 Å². The molecule has 11 nitrogen and oxygen atoms in total. The Kier molecular flexibility index (Phi) is 6.19. The summed E-state index contributed by atoms with van der Waals surface area (Å²) in [5, 5.41) is 11.9. The van der Waals surface area contributed by atoms with Gasteiger partial charge in [0.2, 0.25) is 16.0 Å². The third kappa shape index (κ3) is 4.76. The molecule has 13 heteroatoms. The fraction of sp³-hybridized carbons (Fsp3) is 0.526. The van der Waals surface area contributed by atoms with Crippen molar-refractivity contribution in [1.82, 2.24) is 34.5 Å². The third-order valence-corrected chi connectivity index (χ3v) is 6.92. The van der Waals surface area contributed by atoms with Crippen LogP contribution in [0.5, 0.6) is 0 Å². The minimum Gasteiger partial charge on any atom is -0.366 e. The van der Waals surface area contributed by atoms with Crippen LogP contribution in [0.3, 0.4) is 0 Å². The number of hydrogen-bond donors (Lipinski definition) is 1. The van der Waals surface area contributed by atoms with Crippen LogP contribution in [0.1, 0.15) is 51.6 Å². The summed E-state index contributed by atoms with van der Waals surface area (Å²) in [6, 6.07) is 0.135. The molecule has 1 fully saturated rings. The van der Waals surface area contributed by atoms with Crippen LogP contribution in [0.2, 0.25) is 5.02 Å². The maximum Gasteiger partial charge on any atom is 0.240 e. The Morgan fingerprint density at radius 1 is 1.16 bits per heavy atom. The van der Waals surface area contributed by atoms with E-state index in [1.54, 1.807) is 24.9 Å². The summed E-state index contributed by atoms with van der Waals surface area (Å²) in [6.45, 7) is 5.19. The number of aromatic nitrogens is 7. The van der Waals surface area contributed by atoms with E-state index >= 15 is 0 Å². The SMILES string of the molecule is CC(C)O[C@@H](c1ncc(Cl)cn1)[C@H](C)S(=O)(=O)Nc1nnc(-c2cnn(C)c2)n1C1CC1. The lowest BCUT2D eigenvalue weighted by Crippen LogP contribution is -2.35. The van der Waals surface area contributed by atoms with E-state index < -0.39 is 21.4 Å². The van der Waals surface area contributed by atoms with Crippen LogP contribution >= 0.6 is 11.6 Å². The second kappa shape index (κ2) is 8.75. The standard InChI is InChI=1S/C19H25ClN8O3S/c1-11(2)31-16(17-21-8-14(20)9-22-17)12(3)32(29,30)26-19-25-24-18(28(19)15-5-6-15)13-7-23-27(4)10-13/h7-12,15-16H,5-6H2,1-4H3,(H,25,26)/t12-,16+/m0/s1. The van der Waals surface area contributed by atoms with E-state index in [4.69, 9.17) is 16.3 Å². The highest BCUT2D eigenvalue weighted by Gasteiger charge is 2.37. The number of aryl methyl sites for hydroxylation is 1. The van der Waals surface area contributed by atoms with Gasteiger partial charge in [0.25, 0.3) is 0 Å². The highest BCUT2D eigenvalue weighted by atomic mass is 35.5. The van der Waals surface area contributed by atoms with Crippen molar-refractivity contribution >= 4 is 27.6 Å². The topological polar surface area (TPSA) is 130 Å². The molecule has 0 radical (unpaired) electrons. The van der Waals surface area contributed by atoms with E-state index in [-0.39, 0.29) is 23.9 Å². The molecule has 0 aliphatic heterocycles. The number of sulfonamides is 1. The molecule has 0 spiro atoms. The number of rotatable bonds is 9. The number of halogens is 1. The Balaban J connectivity index is 1.64. The highest BCUT2D eigenvalue weighted by molar-refractivity contribution is 7.93. The van der Waals surface area contributed by atoms with Crippen LogP contribution in [0.4, 0.5) is 5.95 Å². The average Bonchev–Trinajstić information content (AvgIpc) is 3.35. The fourth-order valence-corrected chi connectivity index (χ4v) is 4.49. The van der Waals surface area contributed by atoms with Crippen LogP contribution in [0.15, 0.2) is 24.8 Å². The predicted octanol–water partition coefficient (Wildman–Crippen LogP) is 2.75. The van der Waals surface area contributed by atoms with Gasteiger partial charge in [-0.15, -0.1) is 10.2 Å². The summed E-state index contributed by atoms with van der Waals surface area (Å²) in [5.74, 6) is 0.973. The minimum absolute atomic E-state index is 0.135. The summed E-state index contributed by atoms with van der Waals surface area (Å²) in [7, 11) is -2.13. The zero-order valence-electron chi connectivity index (χ0n) is 18.2. The average molecular weight is 481 g/mol. The van der Waals surface area contributed by atoms with Gasteiger partial charge in [0, 0.05) is 31.7 Å². The second-order valence-electron chi connectivity index (χ2n) is 8.07. The van der Waals surface area contributed by atoms with Gasteiger partial charge in [-0.2, -0.15) is 5.10 Å². The van der Waals surface area contributed by atoms with Gasteiger partial charge >= 0.3 is 0 Å². The molecule has 1 aliphatic rings. The van der Waals surface area contributed by atoms with E-state index in [0.717, 1.165) is 18.4 Å². The summed E-state index contributed by atoms with van der Waals surface area (Å²) in [5.41, 5.74) is 0.765. The van der Waals surface area contributed by atoms with E-state index in [1.807, 2.05) is 24.6 Å². The lowest BCUT2D eigenvalue weighted by atomic mass is 10.2. The zero-order chi connectivity index (χ0) is 23.0. The molecule has 0 unspecified atom stereocenters. The Labute approximate surface area is 191 Å². The number of nitrogens with one attached hydrogen (secondary N) is 1. The number of nitrogens with zero attached hydrogens (tertiary/aromatic N) is 7. The molecule has 32 heavy (non-hydrogen) atoms. The van der Waals surface area contributed by atoms with E-state index in [1.165, 1.54) is 12.4 Å². The van der Waals surface area contributed by atoms with Crippen LogP contribution in [-0.2, 0) is 21.8 Å². The first-order valence-corrected chi connectivity index (χ1v) is 12.2. The van der Waals surface area contributed by atoms with E-state index in [2.05, 4.69) is 30.0 Å². The Bertz CT molecular complexity index is 1190.